The lowest BCUT2D eigenvalue weighted by Crippen LogP contribution is -2.02. The van der Waals surface area contributed by atoms with Crippen LogP contribution in [0.25, 0.3) is 5.95 Å². The molecule has 0 bridgehead atoms. The normalized spacial score (nSPS) is 10.1. The summed E-state index contributed by atoms with van der Waals surface area (Å²) < 4.78 is 1.56. The smallest absolute Gasteiger partial charge is 0.250 e. The van der Waals surface area contributed by atoms with Crippen LogP contribution in [0.2, 0.25) is 0 Å². The molecule has 0 aliphatic heterocycles. The third kappa shape index (κ3) is 1.52. The molecule has 0 saturated heterocycles. The van der Waals surface area contributed by atoms with Gasteiger partial charge in [0.05, 0.1) is 11.3 Å². The zero-order chi connectivity index (χ0) is 9.97. The Morgan fingerprint density at radius 3 is 2.57 bits per heavy atom. The predicted octanol–water partition coefficient (Wildman–Crippen LogP) is 0.783. The van der Waals surface area contributed by atoms with Crippen molar-refractivity contribution in [1.29, 1.82) is 0 Å². The molecule has 2 aromatic rings. The summed E-state index contributed by atoms with van der Waals surface area (Å²) in [5, 5.41) is 4.14. The zero-order valence-corrected chi connectivity index (χ0v) is 7.58. The summed E-state index contributed by atoms with van der Waals surface area (Å²) in [7, 11) is 0. The van der Waals surface area contributed by atoms with Gasteiger partial charge in [-0.25, -0.2) is 14.6 Å². The van der Waals surface area contributed by atoms with Crippen LogP contribution in [-0.2, 0) is 0 Å². The number of aromatic nitrogens is 4. The molecule has 0 N–H and O–H groups in total. The van der Waals surface area contributed by atoms with Gasteiger partial charge in [0.1, 0.15) is 0 Å². The SMILES string of the molecule is Cc1ccn(-c2ncc(C=O)cn2)n1. The third-order valence-corrected chi connectivity index (χ3v) is 1.72. The fraction of sp³-hybridized carbons (Fsp3) is 0.111. The van der Waals surface area contributed by atoms with Crippen LogP contribution < -0.4 is 0 Å². The van der Waals surface area contributed by atoms with Gasteiger partial charge in [-0.2, -0.15) is 5.10 Å². The van der Waals surface area contributed by atoms with Crippen molar-refractivity contribution >= 4 is 6.29 Å². The van der Waals surface area contributed by atoms with Gasteiger partial charge in [0.15, 0.2) is 6.29 Å². The topological polar surface area (TPSA) is 60.7 Å². The molecule has 0 atom stereocenters. The van der Waals surface area contributed by atoms with E-state index < -0.39 is 0 Å². The predicted molar refractivity (Wildman–Crippen MR) is 49.3 cm³/mol. The molecule has 5 heteroatoms. The van der Waals surface area contributed by atoms with Crippen LogP contribution in [0.1, 0.15) is 16.1 Å². The summed E-state index contributed by atoms with van der Waals surface area (Å²) in [4.78, 5) is 18.3. The van der Waals surface area contributed by atoms with Crippen LogP contribution in [0, 0.1) is 6.92 Å². The van der Waals surface area contributed by atoms with E-state index in [1.807, 2.05) is 13.0 Å². The second kappa shape index (κ2) is 3.37. The highest BCUT2D eigenvalue weighted by molar-refractivity contribution is 5.73. The number of nitrogens with zero attached hydrogens (tertiary/aromatic N) is 4. The Kier molecular flexibility index (Phi) is 2.06. The minimum atomic E-state index is 0.456. The lowest BCUT2D eigenvalue weighted by Gasteiger charge is -1.97. The number of carbonyl (C=O) groups is 1. The number of rotatable bonds is 2. The Hall–Kier alpha value is -2.04. The standard InChI is InChI=1S/C9H8N4O/c1-7-2-3-13(12-7)9-10-4-8(6-14)5-11-9/h2-6H,1H3. The molecule has 0 radical (unpaired) electrons. The van der Waals surface area contributed by atoms with Crippen LogP contribution in [0.4, 0.5) is 0 Å². The summed E-state index contributed by atoms with van der Waals surface area (Å²) in [6, 6.07) is 1.86. The van der Waals surface area contributed by atoms with Crippen LogP contribution in [0.3, 0.4) is 0 Å². The van der Waals surface area contributed by atoms with E-state index >= 15 is 0 Å². The molecule has 0 fully saturated rings. The molecule has 0 saturated carbocycles. The lowest BCUT2D eigenvalue weighted by molar-refractivity contribution is 0.112. The molecule has 70 valence electrons. The molecule has 0 aliphatic carbocycles. The first-order valence-electron chi connectivity index (χ1n) is 4.09. The van der Waals surface area contributed by atoms with Crippen molar-refractivity contribution in [3.8, 4) is 5.95 Å². The van der Waals surface area contributed by atoms with Gasteiger partial charge in [-0.15, -0.1) is 0 Å². The second-order valence-electron chi connectivity index (χ2n) is 2.84. The summed E-state index contributed by atoms with van der Waals surface area (Å²) in [6.07, 6.45) is 5.40. The van der Waals surface area contributed by atoms with Crippen molar-refractivity contribution in [3.63, 3.8) is 0 Å². The molecule has 2 rings (SSSR count). The number of aldehydes is 1. The Labute approximate surface area is 80.4 Å². The molecule has 0 amide bonds. The molecule has 2 aromatic heterocycles. The van der Waals surface area contributed by atoms with Gasteiger partial charge >= 0.3 is 0 Å². The van der Waals surface area contributed by atoms with Gasteiger partial charge in [0.25, 0.3) is 0 Å². The minimum Gasteiger partial charge on any atom is -0.298 e. The first kappa shape index (κ1) is 8.55. The van der Waals surface area contributed by atoms with Crippen molar-refractivity contribution < 1.29 is 4.79 Å². The van der Waals surface area contributed by atoms with Crippen LogP contribution in [0.5, 0.6) is 0 Å². The van der Waals surface area contributed by atoms with E-state index in [0.717, 1.165) is 5.69 Å². The van der Waals surface area contributed by atoms with Gasteiger partial charge in [-0.05, 0) is 13.0 Å². The molecule has 0 aromatic carbocycles. The van der Waals surface area contributed by atoms with Crippen molar-refractivity contribution in [1.82, 2.24) is 19.7 Å². The van der Waals surface area contributed by atoms with Crippen LogP contribution in [-0.4, -0.2) is 26.0 Å². The van der Waals surface area contributed by atoms with Crippen molar-refractivity contribution in [2.24, 2.45) is 0 Å². The molecule has 0 spiro atoms. The maximum atomic E-state index is 10.4. The highest BCUT2D eigenvalue weighted by atomic mass is 16.1. The van der Waals surface area contributed by atoms with Crippen LogP contribution >= 0.6 is 0 Å². The highest BCUT2D eigenvalue weighted by Gasteiger charge is 2.00. The Bertz CT molecular complexity index is 446. The fourth-order valence-corrected chi connectivity index (χ4v) is 1.04. The van der Waals surface area contributed by atoms with E-state index in [0.29, 0.717) is 17.8 Å². The quantitative estimate of drug-likeness (QED) is 0.653. The van der Waals surface area contributed by atoms with Gasteiger partial charge in [-0.3, -0.25) is 4.79 Å². The summed E-state index contributed by atoms with van der Waals surface area (Å²) >= 11 is 0. The highest BCUT2D eigenvalue weighted by Crippen LogP contribution is 2.00. The Morgan fingerprint density at radius 2 is 2.07 bits per heavy atom. The largest absolute Gasteiger partial charge is 0.298 e. The maximum Gasteiger partial charge on any atom is 0.250 e. The van der Waals surface area contributed by atoms with E-state index in [4.69, 9.17) is 0 Å². The monoisotopic (exact) mass is 188 g/mol. The fourth-order valence-electron chi connectivity index (χ4n) is 1.04. The molecule has 2 heterocycles. The zero-order valence-electron chi connectivity index (χ0n) is 7.58. The Balaban J connectivity index is 2.38. The maximum absolute atomic E-state index is 10.4. The first-order valence-corrected chi connectivity index (χ1v) is 4.09. The summed E-state index contributed by atoms with van der Waals surface area (Å²) in [5.41, 5.74) is 1.35. The summed E-state index contributed by atoms with van der Waals surface area (Å²) in [6.45, 7) is 1.89. The van der Waals surface area contributed by atoms with E-state index in [1.54, 1.807) is 10.9 Å². The van der Waals surface area contributed by atoms with E-state index in [2.05, 4.69) is 15.1 Å². The van der Waals surface area contributed by atoms with Gasteiger partial charge in [0, 0.05) is 18.6 Å². The third-order valence-electron chi connectivity index (χ3n) is 1.72. The van der Waals surface area contributed by atoms with Crippen molar-refractivity contribution in [3.05, 3.63) is 35.9 Å². The van der Waals surface area contributed by atoms with Gasteiger partial charge < -0.3 is 0 Å². The molecular formula is C9H8N4O. The van der Waals surface area contributed by atoms with Crippen molar-refractivity contribution in [2.75, 3.05) is 0 Å². The van der Waals surface area contributed by atoms with E-state index in [-0.39, 0.29) is 0 Å². The van der Waals surface area contributed by atoms with Crippen LogP contribution in [0.15, 0.2) is 24.7 Å². The molecule has 5 nitrogen and oxygen atoms in total. The average molecular weight is 188 g/mol. The molecule has 0 aliphatic rings. The second-order valence-corrected chi connectivity index (χ2v) is 2.84. The molecule has 0 unspecified atom stereocenters. The van der Waals surface area contributed by atoms with E-state index in [1.165, 1.54) is 12.4 Å². The average Bonchev–Trinajstić information content (AvgIpc) is 2.65. The van der Waals surface area contributed by atoms with Gasteiger partial charge in [-0.1, -0.05) is 0 Å². The minimum absolute atomic E-state index is 0.456. The molecule has 14 heavy (non-hydrogen) atoms. The van der Waals surface area contributed by atoms with Gasteiger partial charge in [0.2, 0.25) is 5.95 Å². The van der Waals surface area contributed by atoms with Crippen molar-refractivity contribution in [2.45, 2.75) is 6.92 Å². The number of hydrogen-bond acceptors (Lipinski definition) is 4. The van der Waals surface area contributed by atoms with E-state index in [9.17, 15) is 4.79 Å². The number of aryl methyl sites for hydroxylation is 1. The number of hydrogen-bond donors (Lipinski definition) is 0. The lowest BCUT2D eigenvalue weighted by atomic mass is 10.4. The number of carbonyl (C=O) groups excluding carboxylic acids is 1. The first-order chi connectivity index (χ1) is 6.79. The molecular weight excluding hydrogens is 180 g/mol. The Morgan fingerprint density at radius 1 is 1.36 bits per heavy atom. The summed E-state index contributed by atoms with van der Waals surface area (Å²) in [5.74, 6) is 0.462.